The van der Waals surface area contributed by atoms with E-state index in [1.54, 1.807) is 43.5 Å². The SMILES string of the molecule is COc1cccc(C(=O)[C@H]2[C@@H](C(=O)c3ccco3)[C@]3(C(=O)Nc4ccccc43)[C@@H]3C=C(C)c4ccccc4N32)c1. The molecule has 3 aromatic carbocycles. The summed E-state index contributed by atoms with van der Waals surface area (Å²) >= 11 is 0. The highest BCUT2D eigenvalue weighted by atomic mass is 16.5. The zero-order valence-corrected chi connectivity index (χ0v) is 22.0. The molecular formula is C33H26N2O5. The van der Waals surface area contributed by atoms with Crippen molar-refractivity contribution >= 4 is 34.4 Å². The summed E-state index contributed by atoms with van der Waals surface area (Å²) in [4.78, 5) is 45.5. The zero-order valence-electron chi connectivity index (χ0n) is 22.0. The van der Waals surface area contributed by atoms with Gasteiger partial charge in [0.1, 0.15) is 17.2 Å². The number of nitrogens with zero attached hydrogens (tertiary/aromatic N) is 1. The Bertz CT molecular complexity index is 1720. The van der Waals surface area contributed by atoms with Gasteiger partial charge in [0.2, 0.25) is 11.7 Å². The highest BCUT2D eigenvalue weighted by Gasteiger charge is 2.70. The molecule has 4 heterocycles. The number of benzene rings is 3. The van der Waals surface area contributed by atoms with Crippen molar-refractivity contribution in [2.24, 2.45) is 5.92 Å². The Morgan fingerprint density at radius 3 is 2.55 bits per heavy atom. The van der Waals surface area contributed by atoms with Crippen LogP contribution < -0.4 is 15.0 Å². The average Bonchev–Trinajstić information content (AvgIpc) is 3.70. The van der Waals surface area contributed by atoms with Crippen LogP contribution in [0.25, 0.3) is 5.57 Å². The summed E-state index contributed by atoms with van der Waals surface area (Å²) in [6.07, 6.45) is 3.47. The first-order valence-electron chi connectivity index (χ1n) is 13.2. The van der Waals surface area contributed by atoms with Crippen molar-refractivity contribution in [3.05, 3.63) is 120 Å². The smallest absolute Gasteiger partial charge is 0.238 e. The van der Waals surface area contributed by atoms with Gasteiger partial charge in [0.25, 0.3) is 0 Å². The molecule has 4 aromatic rings. The van der Waals surface area contributed by atoms with Crippen LogP contribution in [0.2, 0.25) is 0 Å². The Labute approximate surface area is 231 Å². The number of rotatable bonds is 5. The van der Waals surface area contributed by atoms with Crippen LogP contribution in [-0.2, 0) is 10.2 Å². The topological polar surface area (TPSA) is 88.9 Å². The molecule has 7 nitrogen and oxygen atoms in total. The van der Waals surface area contributed by atoms with Gasteiger partial charge in [-0.15, -0.1) is 0 Å². The molecule has 198 valence electrons. The van der Waals surface area contributed by atoms with E-state index in [4.69, 9.17) is 9.15 Å². The standard InChI is InChI=1S/C33H26N2O5/c1-19-17-27-33(23-12-4-5-13-24(23)34-32(33)38)28(31(37)26-15-8-16-40-26)29(35(27)25-14-6-3-11-22(19)25)30(36)20-9-7-10-21(18-20)39-2/h3-18,27-29H,1-2H3,(H,34,38)/t27-,28-,29+,33+/m0/s1. The van der Waals surface area contributed by atoms with E-state index in [-0.39, 0.29) is 17.5 Å². The maximum atomic E-state index is 14.7. The number of fused-ring (bicyclic) bond motifs is 6. The summed E-state index contributed by atoms with van der Waals surface area (Å²) in [5.41, 5.74) is 3.09. The van der Waals surface area contributed by atoms with E-state index in [0.29, 0.717) is 22.6 Å². The molecule has 7 heteroatoms. The normalized spacial score (nSPS) is 24.1. The largest absolute Gasteiger partial charge is 0.497 e. The third-order valence-electron chi connectivity index (χ3n) is 8.55. The molecule has 3 aliphatic rings. The summed E-state index contributed by atoms with van der Waals surface area (Å²) in [5.74, 6) is -1.41. The molecule has 7 rings (SSSR count). The van der Waals surface area contributed by atoms with Gasteiger partial charge in [-0.2, -0.15) is 0 Å². The van der Waals surface area contributed by atoms with Gasteiger partial charge >= 0.3 is 0 Å². The van der Waals surface area contributed by atoms with Crippen LogP contribution in [0, 0.1) is 5.92 Å². The van der Waals surface area contributed by atoms with Crippen LogP contribution >= 0.6 is 0 Å². The van der Waals surface area contributed by atoms with Crippen molar-refractivity contribution < 1.29 is 23.5 Å². The number of ether oxygens (including phenoxy) is 1. The molecule has 0 bridgehead atoms. The van der Waals surface area contributed by atoms with E-state index in [2.05, 4.69) is 5.32 Å². The number of para-hydroxylation sites is 2. The van der Waals surface area contributed by atoms with Crippen LogP contribution in [0.5, 0.6) is 5.75 Å². The Morgan fingerprint density at radius 1 is 0.950 bits per heavy atom. The number of carbonyl (C=O) groups is 3. The molecule has 3 aliphatic heterocycles. The predicted molar refractivity (Wildman–Crippen MR) is 151 cm³/mol. The minimum atomic E-state index is -1.38. The Kier molecular flexibility index (Phi) is 5.32. The van der Waals surface area contributed by atoms with Gasteiger partial charge in [-0.1, -0.05) is 54.6 Å². The van der Waals surface area contributed by atoms with Crippen LogP contribution in [-0.4, -0.2) is 36.7 Å². The molecule has 1 saturated heterocycles. The first kappa shape index (κ1) is 24.2. The van der Waals surface area contributed by atoms with Crippen molar-refractivity contribution in [3.63, 3.8) is 0 Å². The minimum Gasteiger partial charge on any atom is -0.497 e. The molecule has 4 atom stereocenters. The lowest BCUT2D eigenvalue weighted by atomic mass is 9.64. The second-order valence-corrected chi connectivity index (χ2v) is 10.4. The Hall–Kier alpha value is -4.91. The number of Topliss-reactive ketones (excluding diaryl/α,β-unsaturated/α-hetero) is 2. The highest BCUT2D eigenvalue weighted by molar-refractivity contribution is 6.18. The lowest BCUT2D eigenvalue weighted by Gasteiger charge is -2.39. The number of hydrogen-bond donors (Lipinski definition) is 1. The van der Waals surface area contributed by atoms with Crippen molar-refractivity contribution in [1.82, 2.24) is 0 Å². The van der Waals surface area contributed by atoms with Gasteiger partial charge in [-0.3, -0.25) is 14.4 Å². The Morgan fingerprint density at radius 2 is 1.75 bits per heavy atom. The molecule has 40 heavy (non-hydrogen) atoms. The van der Waals surface area contributed by atoms with Gasteiger partial charge in [-0.25, -0.2) is 0 Å². The minimum absolute atomic E-state index is 0.110. The predicted octanol–water partition coefficient (Wildman–Crippen LogP) is 5.53. The Balaban J connectivity index is 1.55. The van der Waals surface area contributed by atoms with Gasteiger partial charge < -0.3 is 19.4 Å². The quantitative estimate of drug-likeness (QED) is 0.341. The molecule has 1 aromatic heterocycles. The molecule has 0 radical (unpaired) electrons. The maximum absolute atomic E-state index is 14.7. The fourth-order valence-corrected chi connectivity index (χ4v) is 6.91. The molecule has 0 aliphatic carbocycles. The molecule has 0 unspecified atom stereocenters. The van der Waals surface area contributed by atoms with Crippen molar-refractivity contribution in [2.75, 3.05) is 17.3 Å². The lowest BCUT2D eigenvalue weighted by Crippen LogP contribution is -2.51. The van der Waals surface area contributed by atoms with E-state index in [0.717, 1.165) is 16.8 Å². The third-order valence-corrected chi connectivity index (χ3v) is 8.55. The molecule has 0 saturated carbocycles. The number of furan rings is 1. The summed E-state index contributed by atoms with van der Waals surface area (Å²) in [7, 11) is 1.54. The fraction of sp³-hybridized carbons (Fsp3) is 0.182. The van der Waals surface area contributed by atoms with Crippen molar-refractivity contribution in [3.8, 4) is 5.75 Å². The van der Waals surface area contributed by atoms with E-state index in [1.165, 1.54) is 6.26 Å². The second kappa shape index (κ2) is 8.81. The molecule has 1 amide bonds. The van der Waals surface area contributed by atoms with Crippen LogP contribution in [0.15, 0.2) is 102 Å². The first-order chi connectivity index (χ1) is 19.5. The van der Waals surface area contributed by atoms with E-state index in [9.17, 15) is 14.4 Å². The van der Waals surface area contributed by atoms with E-state index < -0.39 is 29.2 Å². The first-order valence-corrected chi connectivity index (χ1v) is 13.2. The number of allylic oxidation sites excluding steroid dienone is 1. The maximum Gasteiger partial charge on any atom is 0.238 e. The lowest BCUT2D eigenvalue weighted by molar-refractivity contribution is -0.121. The highest BCUT2D eigenvalue weighted by Crippen LogP contribution is 2.58. The summed E-state index contributed by atoms with van der Waals surface area (Å²) in [6, 6.07) is 23.8. The number of carbonyl (C=O) groups excluding carboxylic acids is 3. The molecule has 1 N–H and O–H groups in total. The van der Waals surface area contributed by atoms with E-state index >= 15 is 0 Å². The molecule has 1 spiro atoms. The van der Waals surface area contributed by atoms with Crippen molar-refractivity contribution in [1.29, 1.82) is 0 Å². The van der Waals surface area contributed by atoms with E-state index in [1.807, 2.05) is 66.4 Å². The fourth-order valence-electron chi connectivity index (χ4n) is 6.91. The van der Waals surface area contributed by atoms with Crippen LogP contribution in [0.3, 0.4) is 0 Å². The van der Waals surface area contributed by atoms with Gasteiger partial charge in [0.15, 0.2) is 11.5 Å². The summed E-state index contributed by atoms with van der Waals surface area (Å²) < 4.78 is 11.0. The number of amides is 1. The van der Waals surface area contributed by atoms with Crippen molar-refractivity contribution in [2.45, 2.75) is 24.4 Å². The zero-order chi connectivity index (χ0) is 27.6. The monoisotopic (exact) mass is 530 g/mol. The van der Waals surface area contributed by atoms with Gasteiger partial charge in [0, 0.05) is 22.5 Å². The number of anilines is 2. The summed E-state index contributed by atoms with van der Waals surface area (Å²) in [5, 5.41) is 3.04. The number of hydrogen-bond acceptors (Lipinski definition) is 6. The van der Waals surface area contributed by atoms with Crippen LogP contribution in [0.1, 0.15) is 39.0 Å². The van der Waals surface area contributed by atoms with Gasteiger partial charge in [0.05, 0.1) is 25.3 Å². The number of nitrogens with one attached hydrogen (secondary N) is 1. The average molecular weight is 531 g/mol. The molecular weight excluding hydrogens is 504 g/mol. The second-order valence-electron chi connectivity index (χ2n) is 10.4. The van der Waals surface area contributed by atoms with Crippen LogP contribution in [0.4, 0.5) is 11.4 Å². The third kappa shape index (κ3) is 3.14. The van der Waals surface area contributed by atoms with Gasteiger partial charge in [-0.05, 0) is 54.5 Å². The molecule has 1 fully saturated rings. The number of ketones is 2. The summed E-state index contributed by atoms with van der Waals surface area (Å²) in [6.45, 7) is 2.00. The number of methoxy groups -OCH3 is 1.